The molecule has 33 heavy (non-hydrogen) atoms. The minimum absolute atomic E-state index is 0.221. The monoisotopic (exact) mass is 453 g/mol. The second-order valence-electron chi connectivity index (χ2n) is 8.87. The third kappa shape index (κ3) is 4.11. The van der Waals surface area contributed by atoms with Gasteiger partial charge in [0.05, 0.1) is 25.5 Å². The summed E-state index contributed by atoms with van der Waals surface area (Å²) in [5.74, 6) is 0.422. The molecule has 3 aromatic heterocycles. The summed E-state index contributed by atoms with van der Waals surface area (Å²) in [6.07, 6.45) is 7.53. The molecular formula is C21H27N9O3. The standard InChI is InChI=1S/C21H27N9O3/c31-18-16(24-21(32)26-18)11-13-12-22-30-17(13)25-19(27-20(30)23-14-1-2-14)29-5-3-15(4-6-29)28-7-9-33-10-8-28/h11-12,14-15,31H,1-10H2,(H2,24,26,32)/b13-11+,23-20?. The van der Waals surface area contributed by atoms with Crippen LogP contribution in [0, 0.1) is 0 Å². The fraction of sp³-hybridized carbons (Fsp3) is 0.571. The van der Waals surface area contributed by atoms with Gasteiger partial charge in [-0.05, 0) is 31.8 Å². The number of aromatic hydroxyl groups is 1. The van der Waals surface area contributed by atoms with Crippen LogP contribution in [0.1, 0.15) is 31.4 Å². The van der Waals surface area contributed by atoms with Gasteiger partial charge in [-0.1, -0.05) is 0 Å². The predicted octanol–water partition coefficient (Wildman–Crippen LogP) is -1.24. The van der Waals surface area contributed by atoms with E-state index in [0.29, 0.717) is 28.5 Å². The lowest BCUT2D eigenvalue weighted by Crippen LogP contribution is -2.49. The van der Waals surface area contributed by atoms with E-state index < -0.39 is 5.69 Å². The van der Waals surface area contributed by atoms with Crippen molar-refractivity contribution >= 4 is 17.7 Å². The fourth-order valence-electron chi connectivity index (χ4n) is 4.58. The number of anilines is 1. The number of H-pyrrole nitrogens is 2. The summed E-state index contributed by atoms with van der Waals surface area (Å²) in [7, 11) is 0. The van der Waals surface area contributed by atoms with Crippen molar-refractivity contribution in [2.75, 3.05) is 44.3 Å². The molecule has 12 heteroatoms. The van der Waals surface area contributed by atoms with Gasteiger partial charge in [0.1, 0.15) is 5.69 Å². The number of imidazole rings is 1. The van der Waals surface area contributed by atoms with E-state index in [0.717, 1.165) is 65.1 Å². The maximum Gasteiger partial charge on any atom is 0.326 e. The van der Waals surface area contributed by atoms with Gasteiger partial charge >= 0.3 is 5.69 Å². The van der Waals surface area contributed by atoms with Gasteiger partial charge in [0.2, 0.25) is 11.8 Å². The van der Waals surface area contributed by atoms with Gasteiger partial charge in [0, 0.05) is 37.4 Å². The van der Waals surface area contributed by atoms with Crippen molar-refractivity contribution in [2.24, 2.45) is 4.99 Å². The van der Waals surface area contributed by atoms with Gasteiger partial charge in [0.15, 0.2) is 5.65 Å². The number of piperidine rings is 1. The van der Waals surface area contributed by atoms with E-state index in [9.17, 15) is 9.90 Å². The zero-order chi connectivity index (χ0) is 22.4. The lowest BCUT2D eigenvalue weighted by atomic mass is 10.0. The molecule has 0 unspecified atom stereocenters. The Morgan fingerprint density at radius 3 is 2.58 bits per heavy atom. The summed E-state index contributed by atoms with van der Waals surface area (Å²) in [6.45, 7) is 5.38. The van der Waals surface area contributed by atoms with Gasteiger partial charge < -0.3 is 19.7 Å². The van der Waals surface area contributed by atoms with E-state index >= 15 is 0 Å². The molecule has 5 heterocycles. The molecule has 0 amide bonds. The quantitative estimate of drug-likeness (QED) is 0.446. The van der Waals surface area contributed by atoms with Crippen molar-refractivity contribution in [2.45, 2.75) is 37.8 Å². The summed E-state index contributed by atoms with van der Waals surface area (Å²) in [5, 5.41) is 15.1. The first-order valence-corrected chi connectivity index (χ1v) is 11.5. The number of hydrogen-bond donors (Lipinski definition) is 3. The van der Waals surface area contributed by atoms with Gasteiger partial charge in [-0.15, -0.1) is 0 Å². The van der Waals surface area contributed by atoms with Gasteiger partial charge in [-0.25, -0.2) is 9.79 Å². The highest BCUT2D eigenvalue weighted by atomic mass is 16.5. The Morgan fingerprint density at radius 1 is 1.09 bits per heavy atom. The van der Waals surface area contributed by atoms with Crippen molar-refractivity contribution in [3.8, 4) is 5.88 Å². The molecule has 0 spiro atoms. The number of rotatable bonds is 4. The zero-order valence-electron chi connectivity index (χ0n) is 18.3. The average molecular weight is 454 g/mol. The summed E-state index contributed by atoms with van der Waals surface area (Å²) in [5.41, 5.74) is 0.940. The van der Waals surface area contributed by atoms with E-state index in [1.54, 1.807) is 16.8 Å². The van der Waals surface area contributed by atoms with E-state index in [-0.39, 0.29) is 17.6 Å². The molecule has 0 atom stereocenters. The van der Waals surface area contributed by atoms with E-state index in [4.69, 9.17) is 19.7 Å². The molecule has 2 aliphatic heterocycles. The molecule has 3 N–H and O–H groups in total. The summed E-state index contributed by atoms with van der Waals surface area (Å²) in [4.78, 5) is 35.5. The topological polar surface area (TPSA) is 140 Å². The third-order valence-corrected chi connectivity index (χ3v) is 6.56. The van der Waals surface area contributed by atoms with Crippen LogP contribution in [0.15, 0.2) is 16.0 Å². The van der Waals surface area contributed by atoms with Crippen molar-refractivity contribution in [1.82, 2.24) is 34.4 Å². The lowest BCUT2D eigenvalue weighted by molar-refractivity contribution is 0.0114. The largest absolute Gasteiger partial charge is 0.493 e. The maximum atomic E-state index is 11.5. The molecule has 3 fully saturated rings. The van der Waals surface area contributed by atoms with E-state index in [2.05, 4.69) is 24.9 Å². The lowest BCUT2D eigenvalue weighted by Gasteiger charge is -2.40. The van der Waals surface area contributed by atoms with Crippen LogP contribution in [-0.4, -0.2) is 91.0 Å². The number of aromatic amines is 2. The second kappa shape index (κ2) is 8.27. The molecule has 174 valence electrons. The normalized spacial score (nSPS) is 22.0. The molecule has 3 aliphatic rings. The Hall–Kier alpha value is -3.25. The number of nitrogens with zero attached hydrogens (tertiary/aromatic N) is 7. The summed E-state index contributed by atoms with van der Waals surface area (Å²) >= 11 is 0. The predicted molar refractivity (Wildman–Crippen MR) is 119 cm³/mol. The highest BCUT2D eigenvalue weighted by Gasteiger charge is 2.27. The van der Waals surface area contributed by atoms with Crippen molar-refractivity contribution in [3.05, 3.63) is 33.2 Å². The van der Waals surface area contributed by atoms with Crippen LogP contribution in [0.25, 0.3) is 11.7 Å². The zero-order valence-corrected chi connectivity index (χ0v) is 18.3. The Balaban J connectivity index is 1.35. The first-order chi connectivity index (χ1) is 16.1. The molecule has 0 radical (unpaired) electrons. The number of ether oxygens (including phenoxy) is 1. The molecule has 1 aliphatic carbocycles. The molecular weight excluding hydrogens is 426 g/mol. The van der Waals surface area contributed by atoms with Gasteiger partial charge in [-0.2, -0.15) is 19.6 Å². The number of morpholine rings is 1. The fourth-order valence-corrected chi connectivity index (χ4v) is 4.58. The van der Waals surface area contributed by atoms with Crippen LogP contribution in [0.3, 0.4) is 0 Å². The number of aromatic nitrogens is 6. The van der Waals surface area contributed by atoms with Crippen molar-refractivity contribution < 1.29 is 9.84 Å². The first-order valence-electron chi connectivity index (χ1n) is 11.5. The number of nitrogens with one attached hydrogen (secondary N) is 2. The Kier molecular flexibility index (Phi) is 5.10. The molecule has 0 aromatic carbocycles. The van der Waals surface area contributed by atoms with Gasteiger partial charge in [-0.3, -0.25) is 9.88 Å². The summed E-state index contributed by atoms with van der Waals surface area (Å²) < 4.78 is 7.13. The Morgan fingerprint density at radius 2 is 1.88 bits per heavy atom. The summed E-state index contributed by atoms with van der Waals surface area (Å²) in [6, 6.07) is 0.849. The van der Waals surface area contributed by atoms with E-state index in [1.165, 1.54) is 0 Å². The molecule has 6 rings (SSSR count). The van der Waals surface area contributed by atoms with Crippen molar-refractivity contribution in [3.63, 3.8) is 0 Å². The van der Waals surface area contributed by atoms with Crippen LogP contribution < -0.4 is 21.4 Å². The third-order valence-electron chi connectivity index (χ3n) is 6.56. The minimum Gasteiger partial charge on any atom is -0.493 e. The van der Waals surface area contributed by atoms with Crippen LogP contribution in [0.4, 0.5) is 5.95 Å². The van der Waals surface area contributed by atoms with Crippen LogP contribution in [0.5, 0.6) is 5.88 Å². The smallest absolute Gasteiger partial charge is 0.326 e. The molecule has 12 nitrogen and oxygen atoms in total. The highest BCUT2D eigenvalue weighted by molar-refractivity contribution is 5.57. The number of hydrogen-bond acceptors (Lipinski definition) is 9. The molecule has 1 saturated carbocycles. The SMILES string of the molecule is O=c1[nH]c(O)c(/C=c2\cnn3c(=NC4CC4)nc(N4CCC(N5CCOCC5)CC4)nc23)[nH]1. The second-order valence-corrected chi connectivity index (χ2v) is 8.87. The van der Waals surface area contributed by atoms with Crippen LogP contribution in [-0.2, 0) is 4.74 Å². The molecule has 0 bridgehead atoms. The average Bonchev–Trinajstić information content (AvgIpc) is 3.47. The maximum absolute atomic E-state index is 11.5. The van der Waals surface area contributed by atoms with Gasteiger partial charge in [0.25, 0.3) is 5.62 Å². The minimum atomic E-state index is -0.474. The Labute approximate surface area is 188 Å². The Bertz CT molecular complexity index is 1330. The molecule has 2 saturated heterocycles. The van der Waals surface area contributed by atoms with E-state index in [1.807, 2.05) is 0 Å². The van der Waals surface area contributed by atoms with Crippen LogP contribution in [0.2, 0.25) is 0 Å². The van der Waals surface area contributed by atoms with Crippen LogP contribution >= 0.6 is 0 Å². The first kappa shape index (κ1) is 20.4. The number of fused-ring (bicyclic) bond motifs is 1. The van der Waals surface area contributed by atoms with Crippen molar-refractivity contribution in [1.29, 1.82) is 0 Å². The molecule has 3 aromatic rings. The highest BCUT2D eigenvalue weighted by Crippen LogP contribution is 2.23.